The summed E-state index contributed by atoms with van der Waals surface area (Å²) in [6.07, 6.45) is 0.504. The van der Waals surface area contributed by atoms with Gasteiger partial charge in [-0.25, -0.2) is 4.79 Å². The van der Waals surface area contributed by atoms with Gasteiger partial charge in [-0.2, -0.15) is 0 Å². The first-order chi connectivity index (χ1) is 11.6. The number of carboxylic acids is 1. The van der Waals surface area contributed by atoms with Crippen LogP contribution in [0.2, 0.25) is 0 Å². The standard InChI is InChI=1S/C15H23N3O6S/c1-8(7-25-9(2)19)14(22)18-5-3-4-11(18)13(21)17-10(15(23)24)6-12(16)20/h8,10-11H,3-7H2,1-2H3,(H2,16,20)(H,17,21)(H,23,24)/t8?,10-,11-/m0/s1. The van der Waals surface area contributed by atoms with Crippen molar-refractivity contribution in [2.75, 3.05) is 12.3 Å². The summed E-state index contributed by atoms with van der Waals surface area (Å²) in [5.74, 6) is -3.21. The van der Waals surface area contributed by atoms with E-state index in [0.717, 1.165) is 11.8 Å². The molecule has 0 aliphatic carbocycles. The molecule has 4 N–H and O–H groups in total. The van der Waals surface area contributed by atoms with Crippen LogP contribution < -0.4 is 11.1 Å². The number of carbonyl (C=O) groups excluding carboxylic acids is 4. The number of hydrogen-bond donors (Lipinski definition) is 3. The van der Waals surface area contributed by atoms with Crippen molar-refractivity contribution in [2.45, 2.75) is 45.2 Å². The molecule has 9 nitrogen and oxygen atoms in total. The maximum Gasteiger partial charge on any atom is 0.326 e. The molecular formula is C15H23N3O6S. The Labute approximate surface area is 149 Å². The summed E-state index contributed by atoms with van der Waals surface area (Å²) >= 11 is 1.04. The predicted molar refractivity (Wildman–Crippen MR) is 90.4 cm³/mol. The van der Waals surface area contributed by atoms with E-state index in [9.17, 15) is 24.0 Å². The van der Waals surface area contributed by atoms with E-state index in [0.29, 0.717) is 25.1 Å². The molecule has 1 heterocycles. The fourth-order valence-electron chi connectivity index (χ4n) is 2.57. The third-order valence-electron chi connectivity index (χ3n) is 3.82. The monoisotopic (exact) mass is 373 g/mol. The highest BCUT2D eigenvalue weighted by atomic mass is 32.2. The highest BCUT2D eigenvalue weighted by Gasteiger charge is 2.37. The lowest BCUT2D eigenvalue weighted by atomic mass is 10.1. The number of hydrogen-bond acceptors (Lipinski definition) is 6. The molecule has 0 aromatic carbocycles. The molecular weight excluding hydrogens is 350 g/mol. The van der Waals surface area contributed by atoms with Crippen LogP contribution in [0, 0.1) is 5.92 Å². The van der Waals surface area contributed by atoms with Gasteiger partial charge in [-0.1, -0.05) is 18.7 Å². The fraction of sp³-hybridized carbons (Fsp3) is 0.667. The van der Waals surface area contributed by atoms with E-state index in [4.69, 9.17) is 10.8 Å². The number of primary amides is 1. The second-order valence-electron chi connectivity index (χ2n) is 5.96. The van der Waals surface area contributed by atoms with Gasteiger partial charge in [0.2, 0.25) is 17.7 Å². The zero-order valence-electron chi connectivity index (χ0n) is 14.2. The van der Waals surface area contributed by atoms with E-state index < -0.39 is 42.2 Å². The van der Waals surface area contributed by atoms with E-state index in [-0.39, 0.29) is 11.0 Å². The largest absolute Gasteiger partial charge is 0.480 e. The number of aliphatic carboxylic acids is 1. The summed E-state index contributed by atoms with van der Waals surface area (Å²) in [5.41, 5.74) is 4.99. The molecule has 3 amide bonds. The van der Waals surface area contributed by atoms with Crippen LogP contribution in [0.15, 0.2) is 0 Å². The van der Waals surface area contributed by atoms with Gasteiger partial charge in [0.25, 0.3) is 0 Å². The van der Waals surface area contributed by atoms with Gasteiger partial charge >= 0.3 is 5.97 Å². The molecule has 1 fully saturated rings. The molecule has 140 valence electrons. The molecule has 0 aromatic rings. The van der Waals surface area contributed by atoms with E-state index in [1.54, 1.807) is 6.92 Å². The maximum atomic E-state index is 12.5. The summed E-state index contributed by atoms with van der Waals surface area (Å²) in [5, 5.41) is 11.2. The second kappa shape index (κ2) is 9.40. The third kappa shape index (κ3) is 6.37. The summed E-state index contributed by atoms with van der Waals surface area (Å²) in [6, 6.07) is -2.21. The number of nitrogens with zero attached hydrogens (tertiary/aromatic N) is 1. The van der Waals surface area contributed by atoms with Crippen molar-refractivity contribution < 1.29 is 29.1 Å². The van der Waals surface area contributed by atoms with Crippen LogP contribution in [-0.4, -0.2) is 63.2 Å². The first-order valence-corrected chi connectivity index (χ1v) is 8.87. The number of thioether (sulfide) groups is 1. The molecule has 0 saturated carbocycles. The first-order valence-electron chi connectivity index (χ1n) is 7.88. The molecule has 1 unspecified atom stereocenters. The van der Waals surface area contributed by atoms with Crippen molar-refractivity contribution in [2.24, 2.45) is 11.7 Å². The molecule has 1 aliphatic rings. The van der Waals surface area contributed by atoms with Gasteiger partial charge in [-0.05, 0) is 12.8 Å². The third-order valence-corrected chi connectivity index (χ3v) is 4.89. The molecule has 1 aliphatic heterocycles. The molecule has 1 rings (SSSR count). The van der Waals surface area contributed by atoms with Gasteiger partial charge in [0.15, 0.2) is 5.12 Å². The normalized spacial score (nSPS) is 19.1. The number of likely N-dealkylation sites (tertiary alicyclic amines) is 1. The van der Waals surface area contributed by atoms with Crippen LogP contribution in [0.25, 0.3) is 0 Å². The highest BCUT2D eigenvalue weighted by Crippen LogP contribution is 2.22. The number of carbonyl (C=O) groups is 5. The summed E-state index contributed by atoms with van der Waals surface area (Å²) in [4.78, 5) is 59.3. The van der Waals surface area contributed by atoms with Gasteiger partial charge in [0.05, 0.1) is 6.42 Å². The number of amides is 3. The molecule has 0 aromatic heterocycles. The molecule has 0 bridgehead atoms. The summed E-state index contributed by atoms with van der Waals surface area (Å²) < 4.78 is 0. The highest BCUT2D eigenvalue weighted by molar-refractivity contribution is 8.13. The first kappa shape index (κ1) is 20.9. The topological polar surface area (TPSA) is 147 Å². The predicted octanol–water partition coefficient (Wildman–Crippen LogP) is -0.662. The van der Waals surface area contributed by atoms with Crippen LogP contribution in [0.5, 0.6) is 0 Å². The Bertz CT molecular complexity index is 567. The van der Waals surface area contributed by atoms with Crippen molar-refractivity contribution in [3.63, 3.8) is 0 Å². The minimum atomic E-state index is -1.42. The smallest absolute Gasteiger partial charge is 0.326 e. The molecule has 1 saturated heterocycles. The van der Waals surface area contributed by atoms with E-state index >= 15 is 0 Å². The fourth-order valence-corrected chi connectivity index (χ4v) is 3.20. The minimum absolute atomic E-state index is 0.0916. The average Bonchev–Trinajstić information content (AvgIpc) is 3.00. The van der Waals surface area contributed by atoms with E-state index in [1.807, 2.05) is 0 Å². The molecule has 10 heteroatoms. The Hall–Kier alpha value is -2.10. The van der Waals surface area contributed by atoms with Crippen LogP contribution in [-0.2, 0) is 24.0 Å². The zero-order valence-corrected chi connectivity index (χ0v) is 15.0. The number of nitrogens with two attached hydrogens (primary N) is 1. The Kier molecular flexibility index (Phi) is 7.88. The Morgan fingerprint density at radius 3 is 2.48 bits per heavy atom. The molecule has 0 radical (unpaired) electrons. The zero-order chi connectivity index (χ0) is 19.1. The van der Waals surface area contributed by atoms with E-state index in [1.165, 1.54) is 11.8 Å². The second-order valence-corrected chi connectivity index (χ2v) is 7.16. The van der Waals surface area contributed by atoms with Crippen molar-refractivity contribution in [3.8, 4) is 0 Å². The van der Waals surface area contributed by atoms with E-state index in [2.05, 4.69) is 5.32 Å². The van der Waals surface area contributed by atoms with Gasteiger partial charge in [0, 0.05) is 25.1 Å². The molecule has 3 atom stereocenters. The SMILES string of the molecule is CC(=O)SCC(C)C(=O)N1CCC[C@H]1C(=O)N[C@@H](CC(N)=O)C(=O)O. The van der Waals surface area contributed by atoms with Crippen molar-refractivity contribution >= 4 is 40.6 Å². The lowest BCUT2D eigenvalue weighted by molar-refractivity contribution is -0.145. The van der Waals surface area contributed by atoms with Crippen molar-refractivity contribution in [1.82, 2.24) is 10.2 Å². The van der Waals surface area contributed by atoms with Crippen molar-refractivity contribution in [3.05, 3.63) is 0 Å². The van der Waals surface area contributed by atoms with Crippen LogP contribution in [0.3, 0.4) is 0 Å². The Morgan fingerprint density at radius 1 is 1.32 bits per heavy atom. The summed E-state index contributed by atoms with van der Waals surface area (Å²) in [6.45, 7) is 3.48. The lowest BCUT2D eigenvalue weighted by Gasteiger charge is -2.27. The van der Waals surface area contributed by atoms with Gasteiger partial charge < -0.3 is 21.1 Å². The number of nitrogens with one attached hydrogen (secondary N) is 1. The lowest BCUT2D eigenvalue weighted by Crippen LogP contribution is -2.52. The minimum Gasteiger partial charge on any atom is -0.480 e. The Morgan fingerprint density at radius 2 is 1.96 bits per heavy atom. The number of carboxylic acid groups (broad SMARTS) is 1. The van der Waals surface area contributed by atoms with Crippen LogP contribution in [0.4, 0.5) is 0 Å². The van der Waals surface area contributed by atoms with Gasteiger partial charge in [-0.3, -0.25) is 19.2 Å². The molecule has 25 heavy (non-hydrogen) atoms. The number of rotatable bonds is 8. The average molecular weight is 373 g/mol. The summed E-state index contributed by atoms with van der Waals surface area (Å²) in [7, 11) is 0. The van der Waals surface area contributed by atoms with Gasteiger partial charge in [0.1, 0.15) is 12.1 Å². The quantitative estimate of drug-likeness (QED) is 0.511. The Balaban J connectivity index is 2.73. The van der Waals surface area contributed by atoms with Gasteiger partial charge in [-0.15, -0.1) is 0 Å². The maximum absolute atomic E-state index is 12.5. The van der Waals surface area contributed by atoms with Crippen LogP contribution in [0.1, 0.15) is 33.1 Å². The van der Waals surface area contributed by atoms with Crippen LogP contribution >= 0.6 is 11.8 Å². The molecule has 0 spiro atoms. The van der Waals surface area contributed by atoms with Crippen molar-refractivity contribution in [1.29, 1.82) is 0 Å².